The van der Waals surface area contributed by atoms with Crippen molar-refractivity contribution in [2.75, 3.05) is 0 Å². The third-order valence-corrected chi connectivity index (χ3v) is 5.62. The number of aryl methyl sites for hydroxylation is 2. The van der Waals surface area contributed by atoms with Gasteiger partial charge in [0.1, 0.15) is 5.69 Å². The van der Waals surface area contributed by atoms with E-state index in [9.17, 15) is 4.79 Å². The topological polar surface area (TPSA) is 85.8 Å². The maximum Gasteiger partial charge on any atom is 0.268 e. The Bertz CT molecular complexity index is 1460. The molecule has 5 rings (SSSR count). The molecular weight excluding hydrogens is 414 g/mol. The molecule has 5 aromatic rings. The van der Waals surface area contributed by atoms with Crippen molar-refractivity contribution in [2.45, 2.75) is 26.8 Å². The highest BCUT2D eigenvalue weighted by Crippen LogP contribution is 2.25. The van der Waals surface area contributed by atoms with Gasteiger partial charge in [0.05, 0.1) is 11.7 Å². The van der Waals surface area contributed by atoms with E-state index in [-0.39, 0.29) is 11.9 Å². The van der Waals surface area contributed by atoms with Gasteiger partial charge in [-0.25, -0.2) is 4.68 Å². The van der Waals surface area contributed by atoms with E-state index in [1.54, 1.807) is 17.7 Å². The van der Waals surface area contributed by atoms with Crippen LogP contribution in [-0.2, 0) is 0 Å². The number of amides is 1. The molecule has 164 valence electrons. The molecule has 2 heterocycles. The highest BCUT2D eigenvalue weighted by molar-refractivity contribution is 5.95. The Morgan fingerprint density at radius 2 is 1.76 bits per heavy atom. The van der Waals surface area contributed by atoms with Crippen LogP contribution in [0.5, 0.6) is 0 Å². The van der Waals surface area contributed by atoms with Gasteiger partial charge in [0.15, 0.2) is 0 Å². The lowest BCUT2D eigenvalue weighted by molar-refractivity contribution is 0.0940. The molecule has 1 N–H and O–H groups in total. The number of hydrogen-bond acceptors (Lipinski definition) is 5. The lowest BCUT2D eigenvalue weighted by Gasteiger charge is -2.17. The maximum atomic E-state index is 13.1. The zero-order valence-electron chi connectivity index (χ0n) is 18.6. The van der Waals surface area contributed by atoms with Gasteiger partial charge in [0.25, 0.3) is 11.8 Å². The van der Waals surface area contributed by atoms with Crippen molar-refractivity contribution < 1.29 is 9.21 Å². The fourth-order valence-electron chi connectivity index (χ4n) is 4.01. The molecule has 33 heavy (non-hydrogen) atoms. The number of hydrogen-bond donors (Lipinski definition) is 1. The van der Waals surface area contributed by atoms with Crippen molar-refractivity contribution in [1.29, 1.82) is 0 Å². The van der Waals surface area contributed by atoms with Gasteiger partial charge in [-0.15, -0.1) is 10.2 Å². The number of aromatic nitrogens is 4. The summed E-state index contributed by atoms with van der Waals surface area (Å²) in [5, 5.41) is 17.9. The number of fused-ring (bicyclic) bond motifs is 1. The van der Waals surface area contributed by atoms with Crippen LogP contribution in [0.1, 0.15) is 40.5 Å². The molecule has 0 bridgehead atoms. The molecule has 0 radical (unpaired) electrons. The van der Waals surface area contributed by atoms with E-state index < -0.39 is 0 Å². The van der Waals surface area contributed by atoms with Gasteiger partial charge in [-0.05, 0) is 54.4 Å². The Morgan fingerprint density at radius 1 is 0.970 bits per heavy atom. The molecule has 3 aromatic carbocycles. The molecule has 1 atom stereocenters. The molecule has 0 saturated heterocycles. The standard InChI is InChI=1S/C26H23N5O2/c1-16-14-24(26-29-28-18(3)33-26)30-31(16)21-11-6-10-20(15-21)25(32)27-17(2)22-13-7-9-19-8-4-5-12-23(19)22/h4-15,17H,1-3H3,(H,27,32). The summed E-state index contributed by atoms with van der Waals surface area (Å²) < 4.78 is 7.25. The Labute approximate surface area is 191 Å². The number of nitrogens with zero attached hydrogens (tertiary/aromatic N) is 4. The predicted octanol–water partition coefficient (Wildman–Crippen LogP) is 5.18. The monoisotopic (exact) mass is 437 g/mol. The van der Waals surface area contributed by atoms with Crippen LogP contribution in [-0.4, -0.2) is 25.9 Å². The van der Waals surface area contributed by atoms with E-state index >= 15 is 0 Å². The van der Waals surface area contributed by atoms with E-state index in [1.807, 2.05) is 56.3 Å². The van der Waals surface area contributed by atoms with Crippen LogP contribution in [0.3, 0.4) is 0 Å². The quantitative estimate of drug-likeness (QED) is 0.409. The van der Waals surface area contributed by atoms with Crippen LogP contribution in [0.25, 0.3) is 28.0 Å². The first kappa shape index (κ1) is 20.6. The van der Waals surface area contributed by atoms with Crippen LogP contribution >= 0.6 is 0 Å². The zero-order chi connectivity index (χ0) is 22.9. The van der Waals surface area contributed by atoms with Crippen molar-refractivity contribution in [1.82, 2.24) is 25.3 Å². The van der Waals surface area contributed by atoms with E-state index in [2.05, 4.69) is 44.9 Å². The Balaban J connectivity index is 1.40. The van der Waals surface area contributed by atoms with E-state index in [1.165, 1.54) is 0 Å². The van der Waals surface area contributed by atoms with Crippen LogP contribution in [0, 0.1) is 13.8 Å². The van der Waals surface area contributed by atoms with Crippen LogP contribution in [0.15, 0.2) is 77.2 Å². The maximum absolute atomic E-state index is 13.1. The summed E-state index contributed by atoms with van der Waals surface area (Å²) >= 11 is 0. The number of rotatable bonds is 5. The van der Waals surface area contributed by atoms with Gasteiger partial charge in [0, 0.05) is 18.2 Å². The number of carbonyl (C=O) groups excluding carboxylic acids is 1. The van der Waals surface area contributed by atoms with Gasteiger partial charge < -0.3 is 9.73 Å². The molecule has 2 aromatic heterocycles. The molecule has 0 aliphatic carbocycles. The minimum Gasteiger partial charge on any atom is -0.420 e. The molecule has 1 unspecified atom stereocenters. The molecule has 0 aliphatic heterocycles. The van der Waals surface area contributed by atoms with Crippen molar-refractivity contribution in [2.24, 2.45) is 0 Å². The van der Waals surface area contributed by atoms with Gasteiger partial charge in [0.2, 0.25) is 5.89 Å². The van der Waals surface area contributed by atoms with Crippen LogP contribution in [0.2, 0.25) is 0 Å². The summed E-state index contributed by atoms with van der Waals surface area (Å²) in [6, 6.07) is 23.5. The normalized spacial score (nSPS) is 12.1. The molecule has 0 saturated carbocycles. The van der Waals surface area contributed by atoms with Crippen molar-refractivity contribution in [3.05, 3.63) is 95.5 Å². The van der Waals surface area contributed by atoms with Crippen molar-refractivity contribution >= 4 is 16.7 Å². The van der Waals surface area contributed by atoms with Crippen molar-refractivity contribution in [3.8, 4) is 17.3 Å². The van der Waals surface area contributed by atoms with E-state index in [0.29, 0.717) is 23.0 Å². The first-order valence-electron chi connectivity index (χ1n) is 10.8. The Morgan fingerprint density at radius 3 is 2.58 bits per heavy atom. The summed E-state index contributed by atoms with van der Waals surface area (Å²) in [6.07, 6.45) is 0. The first-order chi connectivity index (χ1) is 16.0. The Kier molecular flexibility index (Phi) is 5.22. The molecule has 0 fully saturated rings. The minimum absolute atomic E-state index is 0.144. The van der Waals surface area contributed by atoms with Gasteiger partial charge in [-0.3, -0.25) is 4.79 Å². The van der Waals surface area contributed by atoms with Gasteiger partial charge in [-0.1, -0.05) is 48.5 Å². The second-order valence-corrected chi connectivity index (χ2v) is 8.02. The highest BCUT2D eigenvalue weighted by Gasteiger charge is 2.16. The predicted molar refractivity (Wildman–Crippen MR) is 126 cm³/mol. The Hall–Kier alpha value is -4.26. The summed E-state index contributed by atoms with van der Waals surface area (Å²) in [7, 11) is 0. The fourth-order valence-corrected chi connectivity index (χ4v) is 4.01. The summed E-state index contributed by atoms with van der Waals surface area (Å²) in [4.78, 5) is 13.1. The third-order valence-electron chi connectivity index (χ3n) is 5.62. The molecule has 0 spiro atoms. The third kappa shape index (κ3) is 4.01. The second-order valence-electron chi connectivity index (χ2n) is 8.02. The molecule has 7 nitrogen and oxygen atoms in total. The smallest absolute Gasteiger partial charge is 0.268 e. The fraction of sp³-hybridized carbons (Fsp3) is 0.154. The lowest BCUT2D eigenvalue weighted by atomic mass is 9.99. The molecular formula is C26H23N5O2. The molecule has 1 amide bonds. The lowest BCUT2D eigenvalue weighted by Crippen LogP contribution is -2.26. The average Bonchev–Trinajstić information content (AvgIpc) is 3.44. The number of benzene rings is 3. The first-order valence-corrected chi connectivity index (χ1v) is 10.8. The number of carbonyl (C=O) groups is 1. The van der Waals surface area contributed by atoms with Gasteiger partial charge >= 0.3 is 0 Å². The number of nitrogens with one attached hydrogen (secondary N) is 1. The summed E-state index contributed by atoms with van der Waals surface area (Å²) in [6.45, 7) is 5.68. The minimum atomic E-state index is -0.147. The second kappa shape index (κ2) is 8.35. The summed E-state index contributed by atoms with van der Waals surface area (Å²) in [5.41, 5.74) is 3.90. The largest absolute Gasteiger partial charge is 0.420 e. The SMILES string of the molecule is Cc1nnc(-c2cc(C)n(-c3cccc(C(=O)NC(C)c4cccc5ccccc45)c3)n2)o1. The molecule has 0 aliphatic rings. The van der Waals surface area contributed by atoms with Gasteiger partial charge in [-0.2, -0.15) is 5.10 Å². The zero-order valence-corrected chi connectivity index (χ0v) is 18.6. The highest BCUT2D eigenvalue weighted by atomic mass is 16.4. The summed E-state index contributed by atoms with van der Waals surface area (Å²) in [5.74, 6) is 0.707. The molecule has 7 heteroatoms. The van der Waals surface area contributed by atoms with Crippen LogP contribution < -0.4 is 5.32 Å². The van der Waals surface area contributed by atoms with Crippen LogP contribution in [0.4, 0.5) is 0 Å². The average molecular weight is 438 g/mol. The van der Waals surface area contributed by atoms with E-state index in [4.69, 9.17) is 4.42 Å². The van der Waals surface area contributed by atoms with E-state index in [0.717, 1.165) is 27.7 Å². The van der Waals surface area contributed by atoms with Crippen molar-refractivity contribution in [3.63, 3.8) is 0 Å².